The second kappa shape index (κ2) is 7.29. The summed E-state index contributed by atoms with van der Waals surface area (Å²) in [6, 6.07) is 6.74. The SMILES string of the molecule is CC(=O)OCCONc1cccc(OC(C)=O)c1. The van der Waals surface area contributed by atoms with Crippen LogP contribution in [0.1, 0.15) is 13.8 Å². The molecule has 0 bridgehead atoms. The van der Waals surface area contributed by atoms with Crippen LogP contribution in [0.4, 0.5) is 5.69 Å². The van der Waals surface area contributed by atoms with Gasteiger partial charge in [0.05, 0.1) is 5.69 Å². The first-order valence-electron chi connectivity index (χ1n) is 5.37. The minimum atomic E-state index is -0.386. The molecule has 0 heterocycles. The average molecular weight is 253 g/mol. The Morgan fingerprint density at radius 1 is 1.17 bits per heavy atom. The molecule has 0 atom stereocenters. The Bertz CT molecular complexity index is 419. The molecule has 0 spiro atoms. The van der Waals surface area contributed by atoms with E-state index in [0.29, 0.717) is 11.4 Å². The molecule has 98 valence electrons. The Kier molecular flexibility index (Phi) is 5.66. The number of carbonyl (C=O) groups excluding carboxylic acids is 2. The maximum atomic E-state index is 10.8. The summed E-state index contributed by atoms with van der Waals surface area (Å²) in [4.78, 5) is 26.3. The van der Waals surface area contributed by atoms with Crippen LogP contribution in [0.3, 0.4) is 0 Å². The largest absolute Gasteiger partial charge is 0.463 e. The van der Waals surface area contributed by atoms with Crippen molar-refractivity contribution >= 4 is 17.6 Å². The summed E-state index contributed by atoms with van der Waals surface area (Å²) in [6.45, 7) is 3.05. The van der Waals surface area contributed by atoms with Crippen LogP contribution in [0.15, 0.2) is 24.3 Å². The van der Waals surface area contributed by atoms with Gasteiger partial charge in [0.1, 0.15) is 19.0 Å². The van der Waals surface area contributed by atoms with Gasteiger partial charge in [0.15, 0.2) is 0 Å². The number of ether oxygens (including phenoxy) is 2. The summed E-state index contributed by atoms with van der Waals surface area (Å²) in [5.74, 6) is -0.311. The van der Waals surface area contributed by atoms with E-state index in [2.05, 4.69) is 10.2 Å². The summed E-state index contributed by atoms with van der Waals surface area (Å²) < 4.78 is 9.59. The highest BCUT2D eigenvalue weighted by Gasteiger charge is 2.00. The molecule has 0 unspecified atom stereocenters. The molecule has 6 nitrogen and oxygen atoms in total. The van der Waals surface area contributed by atoms with Crippen LogP contribution in [-0.4, -0.2) is 25.2 Å². The topological polar surface area (TPSA) is 73.9 Å². The summed E-state index contributed by atoms with van der Waals surface area (Å²) in [5, 5.41) is 0. The van der Waals surface area contributed by atoms with Gasteiger partial charge in [-0.15, -0.1) is 0 Å². The van der Waals surface area contributed by atoms with Crippen molar-refractivity contribution in [2.45, 2.75) is 13.8 Å². The number of anilines is 1. The maximum Gasteiger partial charge on any atom is 0.308 e. The summed E-state index contributed by atoms with van der Waals surface area (Å²) in [7, 11) is 0. The molecule has 0 saturated carbocycles. The summed E-state index contributed by atoms with van der Waals surface area (Å²) in [6.07, 6.45) is 0. The van der Waals surface area contributed by atoms with Crippen molar-refractivity contribution in [2.24, 2.45) is 0 Å². The first-order chi connectivity index (χ1) is 8.58. The van der Waals surface area contributed by atoms with Gasteiger partial charge in [-0.2, -0.15) is 0 Å². The predicted molar refractivity (Wildman–Crippen MR) is 64.0 cm³/mol. The number of benzene rings is 1. The zero-order chi connectivity index (χ0) is 13.4. The van der Waals surface area contributed by atoms with Crippen LogP contribution in [0.5, 0.6) is 5.75 Å². The average Bonchev–Trinajstić information content (AvgIpc) is 2.27. The molecular weight excluding hydrogens is 238 g/mol. The standard InChI is InChI=1S/C12H15NO5/c1-9(14)16-6-7-17-13-11-4-3-5-12(8-11)18-10(2)15/h3-5,8,13H,6-7H2,1-2H3. The van der Waals surface area contributed by atoms with E-state index in [-0.39, 0.29) is 25.2 Å². The molecule has 1 N–H and O–H groups in total. The second-order valence-corrected chi connectivity index (χ2v) is 3.41. The number of nitrogens with one attached hydrogen (secondary N) is 1. The molecule has 0 amide bonds. The summed E-state index contributed by atoms with van der Waals surface area (Å²) >= 11 is 0. The first kappa shape index (κ1) is 14.0. The lowest BCUT2D eigenvalue weighted by atomic mass is 10.3. The third kappa shape index (κ3) is 5.86. The molecule has 0 aromatic heterocycles. The van der Waals surface area contributed by atoms with Crippen LogP contribution in [-0.2, 0) is 19.2 Å². The molecule has 0 saturated heterocycles. The fourth-order valence-electron chi connectivity index (χ4n) is 1.15. The zero-order valence-electron chi connectivity index (χ0n) is 10.3. The third-order valence-electron chi connectivity index (χ3n) is 1.78. The predicted octanol–water partition coefficient (Wildman–Crippen LogP) is 1.52. The van der Waals surface area contributed by atoms with Gasteiger partial charge in [-0.1, -0.05) is 6.07 Å². The van der Waals surface area contributed by atoms with E-state index >= 15 is 0 Å². The minimum Gasteiger partial charge on any atom is -0.463 e. The third-order valence-corrected chi connectivity index (χ3v) is 1.78. The lowest BCUT2D eigenvalue weighted by Crippen LogP contribution is -2.11. The molecule has 1 aromatic rings. The second-order valence-electron chi connectivity index (χ2n) is 3.41. The van der Waals surface area contributed by atoms with Gasteiger partial charge in [0.25, 0.3) is 0 Å². The molecular formula is C12H15NO5. The molecule has 18 heavy (non-hydrogen) atoms. The Labute approximate surface area is 105 Å². The molecule has 0 aliphatic carbocycles. The minimum absolute atomic E-state index is 0.173. The number of esters is 2. The van der Waals surface area contributed by atoms with Crippen LogP contribution in [0, 0.1) is 0 Å². The number of hydrogen-bond donors (Lipinski definition) is 1. The molecule has 0 aliphatic rings. The van der Waals surface area contributed by atoms with Gasteiger partial charge in [0, 0.05) is 19.9 Å². The zero-order valence-corrected chi connectivity index (χ0v) is 10.3. The highest BCUT2D eigenvalue weighted by atomic mass is 16.7. The molecule has 1 aromatic carbocycles. The van der Waals surface area contributed by atoms with Crippen molar-refractivity contribution in [2.75, 3.05) is 18.7 Å². The van der Waals surface area contributed by atoms with Gasteiger partial charge in [-0.05, 0) is 12.1 Å². The van der Waals surface area contributed by atoms with Crippen molar-refractivity contribution in [3.63, 3.8) is 0 Å². The van der Waals surface area contributed by atoms with Crippen LogP contribution in [0.25, 0.3) is 0 Å². The van der Waals surface area contributed by atoms with Crippen molar-refractivity contribution in [1.82, 2.24) is 0 Å². The monoisotopic (exact) mass is 253 g/mol. The normalized spacial score (nSPS) is 9.67. The van der Waals surface area contributed by atoms with Gasteiger partial charge in [-0.25, -0.2) is 0 Å². The van der Waals surface area contributed by atoms with E-state index in [4.69, 9.17) is 9.57 Å². The first-order valence-corrected chi connectivity index (χ1v) is 5.37. The lowest BCUT2D eigenvalue weighted by Gasteiger charge is -2.08. The highest BCUT2D eigenvalue weighted by Crippen LogP contribution is 2.17. The van der Waals surface area contributed by atoms with E-state index in [1.54, 1.807) is 24.3 Å². The van der Waals surface area contributed by atoms with Gasteiger partial charge < -0.3 is 9.47 Å². The van der Waals surface area contributed by atoms with Crippen molar-refractivity contribution < 1.29 is 23.9 Å². The highest BCUT2D eigenvalue weighted by molar-refractivity contribution is 5.69. The fraction of sp³-hybridized carbons (Fsp3) is 0.333. The van der Waals surface area contributed by atoms with E-state index in [0.717, 1.165) is 0 Å². The maximum absolute atomic E-state index is 10.8. The van der Waals surface area contributed by atoms with Crippen LogP contribution < -0.4 is 10.2 Å². The number of carbonyl (C=O) groups is 2. The van der Waals surface area contributed by atoms with Crippen LogP contribution in [0.2, 0.25) is 0 Å². The Morgan fingerprint density at radius 2 is 1.94 bits per heavy atom. The molecule has 1 rings (SSSR count). The van der Waals surface area contributed by atoms with E-state index < -0.39 is 0 Å². The smallest absolute Gasteiger partial charge is 0.308 e. The van der Waals surface area contributed by atoms with E-state index in [9.17, 15) is 9.59 Å². The van der Waals surface area contributed by atoms with E-state index in [1.807, 2.05) is 0 Å². The number of hydrogen-bond acceptors (Lipinski definition) is 6. The number of rotatable bonds is 6. The molecule has 0 aliphatic heterocycles. The van der Waals surface area contributed by atoms with E-state index in [1.165, 1.54) is 13.8 Å². The lowest BCUT2D eigenvalue weighted by molar-refractivity contribution is -0.142. The quantitative estimate of drug-likeness (QED) is 0.358. The molecule has 6 heteroatoms. The molecule has 0 fully saturated rings. The van der Waals surface area contributed by atoms with Gasteiger partial charge in [-0.3, -0.25) is 19.9 Å². The van der Waals surface area contributed by atoms with Crippen molar-refractivity contribution in [3.8, 4) is 5.75 Å². The van der Waals surface area contributed by atoms with Gasteiger partial charge >= 0.3 is 11.9 Å². The Morgan fingerprint density at radius 3 is 2.61 bits per heavy atom. The molecule has 0 radical (unpaired) electrons. The summed E-state index contributed by atoms with van der Waals surface area (Å²) in [5.41, 5.74) is 3.29. The Hall–Kier alpha value is -2.08. The fourth-order valence-corrected chi connectivity index (χ4v) is 1.15. The Balaban J connectivity index is 2.33. The van der Waals surface area contributed by atoms with Crippen molar-refractivity contribution in [3.05, 3.63) is 24.3 Å². The van der Waals surface area contributed by atoms with Crippen LogP contribution >= 0.6 is 0 Å². The van der Waals surface area contributed by atoms with Gasteiger partial charge in [0.2, 0.25) is 0 Å². The van der Waals surface area contributed by atoms with Crippen molar-refractivity contribution in [1.29, 1.82) is 0 Å².